The minimum atomic E-state index is 0.624. The molecule has 110 valence electrons. The van der Waals surface area contributed by atoms with Crippen molar-refractivity contribution >= 4 is 11.6 Å². The van der Waals surface area contributed by atoms with E-state index in [-0.39, 0.29) is 0 Å². The molecule has 0 atom stereocenters. The molecule has 0 aliphatic heterocycles. The summed E-state index contributed by atoms with van der Waals surface area (Å²) in [5.41, 5.74) is 3.22. The van der Waals surface area contributed by atoms with E-state index >= 15 is 0 Å². The molecule has 1 fully saturated rings. The number of halogens is 1. The van der Waals surface area contributed by atoms with Gasteiger partial charge in [-0.05, 0) is 61.6 Å². The minimum Gasteiger partial charge on any atom is -0.438 e. The Labute approximate surface area is 130 Å². The van der Waals surface area contributed by atoms with Gasteiger partial charge in [-0.25, -0.2) is 4.98 Å². The van der Waals surface area contributed by atoms with Crippen LogP contribution in [0.1, 0.15) is 29.5 Å². The monoisotopic (exact) mass is 302 g/mol. The standard InChI is InChI=1S/C17H19ClN2O/c1-11-7-14(18)8-12(2)17(11)21-16-9-13(5-6-19-16)10-20-15-3-4-15/h5-9,15,20H,3-4,10H2,1-2H3. The number of aromatic nitrogens is 1. The lowest BCUT2D eigenvalue weighted by Crippen LogP contribution is -2.15. The average molecular weight is 303 g/mol. The van der Waals surface area contributed by atoms with Gasteiger partial charge >= 0.3 is 0 Å². The number of benzene rings is 1. The van der Waals surface area contributed by atoms with Crippen LogP contribution < -0.4 is 10.1 Å². The Morgan fingerprint density at radius 2 is 1.95 bits per heavy atom. The third-order valence-corrected chi connectivity index (χ3v) is 3.82. The molecule has 0 spiro atoms. The van der Waals surface area contributed by atoms with Gasteiger partial charge in [0.2, 0.25) is 5.88 Å². The Morgan fingerprint density at radius 1 is 1.24 bits per heavy atom. The molecule has 0 unspecified atom stereocenters. The zero-order valence-electron chi connectivity index (χ0n) is 12.3. The number of pyridine rings is 1. The highest BCUT2D eigenvalue weighted by Crippen LogP contribution is 2.30. The van der Waals surface area contributed by atoms with Crippen molar-refractivity contribution in [3.8, 4) is 11.6 Å². The molecular weight excluding hydrogens is 284 g/mol. The van der Waals surface area contributed by atoms with Crippen LogP contribution >= 0.6 is 11.6 Å². The van der Waals surface area contributed by atoms with Crippen molar-refractivity contribution in [2.45, 2.75) is 39.3 Å². The molecule has 1 N–H and O–H groups in total. The van der Waals surface area contributed by atoms with E-state index in [0.717, 1.165) is 28.4 Å². The third-order valence-electron chi connectivity index (χ3n) is 3.60. The summed E-state index contributed by atoms with van der Waals surface area (Å²) in [6, 6.07) is 8.51. The number of hydrogen-bond acceptors (Lipinski definition) is 3. The van der Waals surface area contributed by atoms with Gasteiger partial charge in [-0.1, -0.05) is 11.6 Å². The normalized spacial score (nSPS) is 14.2. The Balaban J connectivity index is 1.76. The van der Waals surface area contributed by atoms with Crippen molar-refractivity contribution in [1.82, 2.24) is 10.3 Å². The van der Waals surface area contributed by atoms with E-state index in [4.69, 9.17) is 16.3 Å². The molecule has 4 heteroatoms. The first-order valence-electron chi connectivity index (χ1n) is 7.25. The molecule has 0 saturated heterocycles. The number of hydrogen-bond donors (Lipinski definition) is 1. The predicted molar refractivity (Wildman–Crippen MR) is 85.1 cm³/mol. The lowest BCUT2D eigenvalue weighted by molar-refractivity contribution is 0.455. The van der Waals surface area contributed by atoms with Gasteiger partial charge in [0.1, 0.15) is 5.75 Å². The fraction of sp³-hybridized carbons (Fsp3) is 0.353. The lowest BCUT2D eigenvalue weighted by Gasteiger charge is -2.12. The van der Waals surface area contributed by atoms with Crippen LogP contribution in [0.5, 0.6) is 11.6 Å². The zero-order chi connectivity index (χ0) is 14.8. The maximum Gasteiger partial charge on any atom is 0.219 e. The van der Waals surface area contributed by atoms with Crippen LogP contribution in [0, 0.1) is 13.8 Å². The third kappa shape index (κ3) is 3.74. The maximum atomic E-state index is 6.05. The topological polar surface area (TPSA) is 34.1 Å². The van der Waals surface area contributed by atoms with Gasteiger partial charge in [-0.15, -0.1) is 0 Å². The Kier molecular flexibility index (Phi) is 4.13. The molecule has 1 saturated carbocycles. The summed E-state index contributed by atoms with van der Waals surface area (Å²) in [6.07, 6.45) is 4.37. The molecule has 21 heavy (non-hydrogen) atoms. The van der Waals surface area contributed by atoms with Crippen LogP contribution in [0.4, 0.5) is 0 Å². The van der Waals surface area contributed by atoms with Crippen molar-refractivity contribution in [3.05, 3.63) is 52.2 Å². The molecule has 1 aromatic heterocycles. The second-order valence-corrected chi connectivity index (χ2v) is 6.06. The molecule has 0 amide bonds. The Hall–Kier alpha value is -1.58. The van der Waals surface area contributed by atoms with Gasteiger partial charge in [0, 0.05) is 29.9 Å². The van der Waals surface area contributed by atoms with Gasteiger partial charge in [-0.2, -0.15) is 0 Å². The summed E-state index contributed by atoms with van der Waals surface area (Å²) in [4.78, 5) is 4.30. The van der Waals surface area contributed by atoms with Gasteiger partial charge in [0.05, 0.1) is 0 Å². The second kappa shape index (κ2) is 6.04. The predicted octanol–water partition coefficient (Wildman–Crippen LogP) is 4.40. The molecular formula is C17H19ClN2O. The Morgan fingerprint density at radius 3 is 2.62 bits per heavy atom. The fourth-order valence-corrected chi connectivity index (χ4v) is 2.66. The van der Waals surface area contributed by atoms with Crippen LogP contribution in [0.15, 0.2) is 30.5 Å². The van der Waals surface area contributed by atoms with E-state index in [1.807, 2.05) is 38.1 Å². The molecule has 3 nitrogen and oxygen atoms in total. The molecule has 1 aliphatic carbocycles. The quantitative estimate of drug-likeness (QED) is 0.889. The molecule has 0 radical (unpaired) electrons. The van der Waals surface area contributed by atoms with Crippen molar-refractivity contribution < 1.29 is 4.74 Å². The van der Waals surface area contributed by atoms with Crippen LogP contribution in [-0.2, 0) is 6.54 Å². The highest BCUT2D eigenvalue weighted by Gasteiger charge is 2.20. The van der Waals surface area contributed by atoms with Crippen LogP contribution in [0.3, 0.4) is 0 Å². The summed E-state index contributed by atoms with van der Waals surface area (Å²) >= 11 is 6.05. The van der Waals surface area contributed by atoms with E-state index in [9.17, 15) is 0 Å². The van der Waals surface area contributed by atoms with E-state index in [2.05, 4.69) is 10.3 Å². The summed E-state index contributed by atoms with van der Waals surface area (Å²) in [5, 5.41) is 4.22. The summed E-state index contributed by atoms with van der Waals surface area (Å²) in [5.74, 6) is 1.46. The first-order valence-corrected chi connectivity index (χ1v) is 7.62. The number of ether oxygens (including phenoxy) is 1. The number of aryl methyl sites for hydroxylation is 2. The summed E-state index contributed by atoms with van der Waals surface area (Å²) < 4.78 is 5.96. The van der Waals surface area contributed by atoms with Crippen LogP contribution in [0.2, 0.25) is 5.02 Å². The summed E-state index contributed by atoms with van der Waals surface area (Å²) in [6.45, 7) is 4.85. The van der Waals surface area contributed by atoms with E-state index in [1.165, 1.54) is 18.4 Å². The van der Waals surface area contributed by atoms with Crippen molar-refractivity contribution in [2.24, 2.45) is 0 Å². The van der Waals surface area contributed by atoms with Gasteiger partial charge < -0.3 is 10.1 Å². The van der Waals surface area contributed by atoms with Crippen molar-refractivity contribution in [3.63, 3.8) is 0 Å². The number of nitrogens with one attached hydrogen (secondary N) is 1. The largest absolute Gasteiger partial charge is 0.438 e. The van der Waals surface area contributed by atoms with Crippen molar-refractivity contribution in [2.75, 3.05) is 0 Å². The lowest BCUT2D eigenvalue weighted by atomic mass is 10.1. The average Bonchev–Trinajstić information content (AvgIpc) is 3.25. The maximum absolute atomic E-state index is 6.05. The molecule has 2 aromatic rings. The fourth-order valence-electron chi connectivity index (χ4n) is 2.33. The smallest absolute Gasteiger partial charge is 0.219 e. The van der Waals surface area contributed by atoms with Crippen LogP contribution in [0.25, 0.3) is 0 Å². The highest BCUT2D eigenvalue weighted by molar-refractivity contribution is 6.30. The first kappa shape index (κ1) is 14.4. The minimum absolute atomic E-state index is 0.624. The Bertz CT molecular complexity index is 630. The van der Waals surface area contributed by atoms with E-state index in [0.29, 0.717) is 11.9 Å². The SMILES string of the molecule is Cc1cc(Cl)cc(C)c1Oc1cc(CNC2CC2)ccn1. The molecule has 3 rings (SSSR count). The summed E-state index contributed by atoms with van der Waals surface area (Å²) in [7, 11) is 0. The van der Waals surface area contributed by atoms with E-state index in [1.54, 1.807) is 6.20 Å². The second-order valence-electron chi connectivity index (χ2n) is 5.63. The molecule has 1 aromatic carbocycles. The van der Waals surface area contributed by atoms with Crippen LogP contribution in [-0.4, -0.2) is 11.0 Å². The molecule has 1 heterocycles. The highest BCUT2D eigenvalue weighted by atomic mass is 35.5. The van der Waals surface area contributed by atoms with Gasteiger partial charge in [0.25, 0.3) is 0 Å². The van der Waals surface area contributed by atoms with E-state index < -0.39 is 0 Å². The number of nitrogens with zero attached hydrogens (tertiary/aromatic N) is 1. The first-order chi connectivity index (χ1) is 10.1. The molecule has 1 aliphatic rings. The van der Waals surface area contributed by atoms with Gasteiger partial charge in [-0.3, -0.25) is 0 Å². The zero-order valence-corrected chi connectivity index (χ0v) is 13.1. The van der Waals surface area contributed by atoms with Gasteiger partial charge in [0.15, 0.2) is 0 Å². The molecule has 0 bridgehead atoms. The van der Waals surface area contributed by atoms with Crippen molar-refractivity contribution in [1.29, 1.82) is 0 Å². The number of rotatable bonds is 5.